The topological polar surface area (TPSA) is 68.0 Å². The highest BCUT2D eigenvalue weighted by Crippen LogP contribution is 2.11. The van der Waals surface area contributed by atoms with Crippen LogP contribution in [-0.4, -0.2) is 16.4 Å². The molecule has 0 aliphatic rings. The Morgan fingerprint density at radius 1 is 1.60 bits per heavy atom. The van der Waals surface area contributed by atoms with Gasteiger partial charge < -0.3 is 11.1 Å². The van der Waals surface area contributed by atoms with Gasteiger partial charge in [-0.1, -0.05) is 6.92 Å². The van der Waals surface area contributed by atoms with Crippen LogP contribution in [-0.2, 0) is 4.79 Å². The molecule has 0 saturated carbocycles. The third kappa shape index (κ3) is 3.02. The zero-order chi connectivity index (χ0) is 11.5. The fourth-order valence-corrected chi connectivity index (χ4v) is 0.976. The highest BCUT2D eigenvalue weighted by molar-refractivity contribution is 5.97. The molecule has 82 valence electrons. The SMILES string of the molecule is CCC(C)(N)C(=O)Nc1ccc(C)nc1. The molecule has 1 aromatic heterocycles. The zero-order valence-electron chi connectivity index (χ0n) is 9.37. The van der Waals surface area contributed by atoms with Crippen LogP contribution in [0.2, 0.25) is 0 Å². The molecule has 1 amide bonds. The van der Waals surface area contributed by atoms with Crippen LogP contribution in [0, 0.1) is 6.92 Å². The molecule has 4 heteroatoms. The van der Waals surface area contributed by atoms with E-state index in [0.29, 0.717) is 12.1 Å². The van der Waals surface area contributed by atoms with E-state index in [4.69, 9.17) is 5.73 Å². The summed E-state index contributed by atoms with van der Waals surface area (Å²) in [5.74, 6) is -0.185. The van der Waals surface area contributed by atoms with E-state index in [2.05, 4.69) is 10.3 Å². The number of aromatic nitrogens is 1. The average molecular weight is 207 g/mol. The third-order valence-electron chi connectivity index (χ3n) is 2.42. The standard InChI is InChI=1S/C11H17N3O/c1-4-11(3,12)10(15)14-9-6-5-8(2)13-7-9/h5-7H,4,12H2,1-3H3,(H,14,15). The molecule has 0 aromatic carbocycles. The number of nitrogens with two attached hydrogens (primary N) is 1. The van der Waals surface area contributed by atoms with Gasteiger partial charge in [0.25, 0.3) is 0 Å². The summed E-state index contributed by atoms with van der Waals surface area (Å²) in [6.45, 7) is 5.49. The number of rotatable bonds is 3. The molecular weight excluding hydrogens is 190 g/mol. The largest absolute Gasteiger partial charge is 0.323 e. The molecule has 1 unspecified atom stereocenters. The lowest BCUT2D eigenvalue weighted by molar-refractivity contribution is -0.120. The molecule has 0 saturated heterocycles. The molecule has 0 fully saturated rings. The Morgan fingerprint density at radius 3 is 2.73 bits per heavy atom. The number of anilines is 1. The van der Waals surface area contributed by atoms with Crippen LogP contribution >= 0.6 is 0 Å². The van der Waals surface area contributed by atoms with Gasteiger partial charge in [0, 0.05) is 5.69 Å². The minimum Gasteiger partial charge on any atom is -0.323 e. The highest BCUT2D eigenvalue weighted by atomic mass is 16.2. The van der Waals surface area contributed by atoms with Crippen molar-refractivity contribution in [3.63, 3.8) is 0 Å². The molecule has 0 bridgehead atoms. The van der Waals surface area contributed by atoms with Crippen LogP contribution in [0.15, 0.2) is 18.3 Å². The first-order valence-electron chi connectivity index (χ1n) is 4.98. The van der Waals surface area contributed by atoms with Gasteiger partial charge in [0.15, 0.2) is 0 Å². The minimum atomic E-state index is -0.828. The van der Waals surface area contributed by atoms with E-state index < -0.39 is 5.54 Å². The van der Waals surface area contributed by atoms with Crippen molar-refractivity contribution in [2.24, 2.45) is 5.73 Å². The molecular formula is C11H17N3O. The van der Waals surface area contributed by atoms with Gasteiger partial charge >= 0.3 is 0 Å². The number of aryl methyl sites for hydroxylation is 1. The summed E-state index contributed by atoms with van der Waals surface area (Å²) >= 11 is 0. The van der Waals surface area contributed by atoms with E-state index in [-0.39, 0.29) is 5.91 Å². The van der Waals surface area contributed by atoms with Crippen LogP contribution in [0.1, 0.15) is 26.0 Å². The molecule has 1 aromatic rings. The molecule has 0 radical (unpaired) electrons. The summed E-state index contributed by atoms with van der Waals surface area (Å²) < 4.78 is 0. The zero-order valence-corrected chi connectivity index (χ0v) is 9.37. The van der Waals surface area contributed by atoms with Gasteiger partial charge in [-0.25, -0.2) is 0 Å². The van der Waals surface area contributed by atoms with Crippen molar-refractivity contribution in [3.05, 3.63) is 24.0 Å². The van der Waals surface area contributed by atoms with Gasteiger partial charge in [-0.3, -0.25) is 9.78 Å². The maximum absolute atomic E-state index is 11.7. The van der Waals surface area contributed by atoms with E-state index in [1.807, 2.05) is 26.0 Å². The molecule has 1 rings (SSSR count). The summed E-state index contributed by atoms with van der Waals surface area (Å²) in [4.78, 5) is 15.8. The summed E-state index contributed by atoms with van der Waals surface area (Å²) in [5.41, 5.74) is 6.57. The maximum atomic E-state index is 11.7. The van der Waals surface area contributed by atoms with Crippen molar-refractivity contribution in [2.45, 2.75) is 32.7 Å². The van der Waals surface area contributed by atoms with E-state index in [1.54, 1.807) is 13.1 Å². The number of amides is 1. The number of carbonyl (C=O) groups is 1. The third-order valence-corrected chi connectivity index (χ3v) is 2.42. The van der Waals surface area contributed by atoms with Crippen LogP contribution in [0.5, 0.6) is 0 Å². The monoisotopic (exact) mass is 207 g/mol. The van der Waals surface area contributed by atoms with Gasteiger partial charge in [0.1, 0.15) is 0 Å². The number of nitrogens with zero attached hydrogens (tertiary/aromatic N) is 1. The van der Waals surface area contributed by atoms with Gasteiger partial charge in [0.05, 0.1) is 17.4 Å². The number of nitrogens with one attached hydrogen (secondary N) is 1. The average Bonchev–Trinajstić information content (AvgIpc) is 2.21. The lowest BCUT2D eigenvalue weighted by atomic mass is 9.99. The molecule has 4 nitrogen and oxygen atoms in total. The van der Waals surface area contributed by atoms with Crippen LogP contribution in [0.4, 0.5) is 5.69 Å². The predicted molar refractivity (Wildman–Crippen MR) is 60.5 cm³/mol. The summed E-state index contributed by atoms with van der Waals surface area (Å²) in [7, 11) is 0. The fourth-order valence-electron chi connectivity index (χ4n) is 0.976. The molecule has 0 spiro atoms. The smallest absolute Gasteiger partial charge is 0.244 e. The van der Waals surface area contributed by atoms with E-state index in [9.17, 15) is 4.79 Å². The Hall–Kier alpha value is -1.42. The van der Waals surface area contributed by atoms with Crippen molar-refractivity contribution in [1.82, 2.24) is 4.98 Å². The molecule has 3 N–H and O–H groups in total. The second kappa shape index (κ2) is 4.40. The lowest BCUT2D eigenvalue weighted by Gasteiger charge is -2.21. The Labute approximate surface area is 89.9 Å². The minimum absolute atomic E-state index is 0.185. The van der Waals surface area contributed by atoms with E-state index >= 15 is 0 Å². The summed E-state index contributed by atoms with van der Waals surface area (Å²) in [6, 6.07) is 3.65. The number of hydrogen-bond donors (Lipinski definition) is 2. The highest BCUT2D eigenvalue weighted by Gasteiger charge is 2.25. The van der Waals surface area contributed by atoms with E-state index in [0.717, 1.165) is 5.69 Å². The lowest BCUT2D eigenvalue weighted by Crippen LogP contribution is -2.47. The Bertz CT molecular complexity index is 343. The van der Waals surface area contributed by atoms with E-state index in [1.165, 1.54) is 0 Å². The quantitative estimate of drug-likeness (QED) is 0.788. The molecule has 15 heavy (non-hydrogen) atoms. The summed E-state index contributed by atoms with van der Waals surface area (Å²) in [5, 5.41) is 2.73. The van der Waals surface area contributed by atoms with Crippen molar-refractivity contribution in [3.8, 4) is 0 Å². The predicted octanol–water partition coefficient (Wildman–Crippen LogP) is 1.46. The Kier molecular flexibility index (Phi) is 3.42. The first-order chi connectivity index (χ1) is 6.95. The Balaban J connectivity index is 2.71. The molecule has 1 heterocycles. The number of carbonyl (C=O) groups excluding carboxylic acids is 1. The fraction of sp³-hybridized carbons (Fsp3) is 0.455. The second-order valence-corrected chi connectivity index (χ2v) is 3.91. The molecule has 1 atom stereocenters. The first-order valence-corrected chi connectivity index (χ1v) is 4.98. The maximum Gasteiger partial charge on any atom is 0.244 e. The van der Waals surface area contributed by atoms with Crippen LogP contribution < -0.4 is 11.1 Å². The first kappa shape index (κ1) is 11.7. The molecule has 0 aliphatic carbocycles. The summed E-state index contributed by atoms with van der Waals surface area (Å²) in [6.07, 6.45) is 2.22. The number of pyridine rings is 1. The Morgan fingerprint density at radius 2 is 2.27 bits per heavy atom. The normalized spacial score (nSPS) is 14.4. The van der Waals surface area contributed by atoms with Gasteiger partial charge in [0.2, 0.25) is 5.91 Å². The van der Waals surface area contributed by atoms with Crippen molar-refractivity contribution < 1.29 is 4.79 Å². The van der Waals surface area contributed by atoms with Crippen LogP contribution in [0.3, 0.4) is 0 Å². The van der Waals surface area contributed by atoms with Crippen molar-refractivity contribution in [2.75, 3.05) is 5.32 Å². The number of hydrogen-bond acceptors (Lipinski definition) is 3. The van der Waals surface area contributed by atoms with Gasteiger partial charge in [-0.05, 0) is 32.4 Å². The van der Waals surface area contributed by atoms with Gasteiger partial charge in [-0.15, -0.1) is 0 Å². The molecule has 0 aliphatic heterocycles. The van der Waals surface area contributed by atoms with Gasteiger partial charge in [-0.2, -0.15) is 0 Å². The van der Waals surface area contributed by atoms with Crippen LogP contribution in [0.25, 0.3) is 0 Å². The second-order valence-electron chi connectivity index (χ2n) is 3.91. The van der Waals surface area contributed by atoms with Crippen molar-refractivity contribution >= 4 is 11.6 Å². The van der Waals surface area contributed by atoms with Crippen molar-refractivity contribution in [1.29, 1.82) is 0 Å².